The molecule has 0 atom stereocenters. The molecule has 1 aliphatic carbocycles. The van der Waals surface area contributed by atoms with Crippen molar-refractivity contribution in [2.75, 3.05) is 0 Å². The number of benzene rings is 1. The van der Waals surface area contributed by atoms with Crippen LogP contribution in [0, 0.1) is 17.5 Å². The molecule has 0 unspecified atom stereocenters. The van der Waals surface area contributed by atoms with Crippen molar-refractivity contribution < 1.29 is 18.3 Å². The third kappa shape index (κ3) is 1.57. The van der Waals surface area contributed by atoms with E-state index in [2.05, 4.69) is 15.9 Å². The van der Waals surface area contributed by atoms with Gasteiger partial charge in [0.15, 0.2) is 17.5 Å². The Morgan fingerprint density at radius 2 is 1.67 bits per heavy atom. The molecule has 1 aliphatic rings. The molecule has 0 bridgehead atoms. The maximum absolute atomic E-state index is 13.4. The third-order valence-electron chi connectivity index (χ3n) is 2.40. The normalized spacial score (nSPS) is 18.0. The van der Waals surface area contributed by atoms with Gasteiger partial charge in [-0.05, 0) is 28.8 Å². The summed E-state index contributed by atoms with van der Waals surface area (Å²) in [5, 5.41) is 8.75. The van der Waals surface area contributed by atoms with Crippen molar-refractivity contribution >= 4 is 27.5 Å². The van der Waals surface area contributed by atoms with Crippen LogP contribution < -0.4 is 0 Å². The molecule has 1 nitrogen and oxygen atoms in total. The Morgan fingerprint density at radius 1 is 1.13 bits per heavy atom. The van der Waals surface area contributed by atoms with Gasteiger partial charge in [-0.15, -0.1) is 0 Å². The Kier molecular flexibility index (Phi) is 2.52. The van der Waals surface area contributed by atoms with Gasteiger partial charge >= 0.3 is 0 Å². The third-order valence-corrected chi connectivity index (χ3v) is 3.48. The van der Waals surface area contributed by atoms with E-state index in [1.54, 1.807) is 0 Å². The molecule has 1 N–H and O–H groups in total. The second kappa shape index (κ2) is 3.37. The fourth-order valence-electron chi connectivity index (χ4n) is 1.38. The summed E-state index contributed by atoms with van der Waals surface area (Å²) in [6.45, 7) is 0. The largest absolute Gasteiger partial charge is 0.385 e. The van der Waals surface area contributed by atoms with E-state index in [1.807, 2.05) is 0 Å². The summed E-state index contributed by atoms with van der Waals surface area (Å²) < 4.78 is 39.5. The SMILES string of the molecule is OC1(c2c(F)c(F)c(Cl)c(F)c2Br)CC1. The van der Waals surface area contributed by atoms with Gasteiger partial charge in [-0.25, -0.2) is 13.2 Å². The second-order valence-electron chi connectivity index (χ2n) is 3.48. The predicted octanol–water partition coefficient (Wildman–Crippen LogP) is 3.50. The van der Waals surface area contributed by atoms with Crippen LogP contribution in [0.15, 0.2) is 4.47 Å². The van der Waals surface area contributed by atoms with Crippen molar-refractivity contribution in [1.82, 2.24) is 0 Å². The quantitative estimate of drug-likeness (QED) is 0.622. The van der Waals surface area contributed by atoms with E-state index in [1.165, 1.54) is 0 Å². The molecular formula is C9H5BrClF3O. The first-order valence-corrected chi connectivity index (χ1v) is 5.30. The van der Waals surface area contributed by atoms with Gasteiger partial charge in [-0.3, -0.25) is 0 Å². The standard InChI is InChI=1S/C9H5BrClF3O/c10-4-3(9(15)1-2-9)6(12)8(14)5(11)7(4)13/h15H,1-2H2. The Labute approximate surface area is 97.0 Å². The van der Waals surface area contributed by atoms with E-state index in [-0.39, 0.29) is 22.9 Å². The summed E-state index contributed by atoms with van der Waals surface area (Å²) in [5.74, 6) is -3.85. The molecule has 1 aromatic rings. The Balaban J connectivity index is 2.74. The molecule has 0 aliphatic heterocycles. The van der Waals surface area contributed by atoms with Crippen LogP contribution in [0.1, 0.15) is 18.4 Å². The van der Waals surface area contributed by atoms with Crippen molar-refractivity contribution in [2.24, 2.45) is 0 Å². The summed E-state index contributed by atoms with van der Waals surface area (Å²) >= 11 is 7.99. The second-order valence-corrected chi connectivity index (χ2v) is 4.65. The Hall–Kier alpha value is -0.260. The highest BCUT2D eigenvalue weighted by molar-refractivity contribution is 9.10. The van der Waals surface area contributed by atoms with Crippen molar-refractivity contribution in [1.29, 1.82) is 0 Å². The summed E-state index contributed by atoms with van der Waals surface area (Å²) in [7, 11) is 0. The molecular weight excluding hydrogens is 296 g/mol. The van der Waals surface area contributed by atoms with Crippen molar-refractivity contribution in [3.63, 3.8) is 0 Å². The smallest absolute Gasteiger partial charge is 0.180 e. The molecule has 0 saturated heterocycles. The molecule has 0 aromatic heterocycles. The molecule has 0 heterocycles. The zero-order valence-electron chi connectivity index (χ0n) is 7.25. The van der Waals surface area contributed by atoms with Crippen molar-refractivity contribution in [3.8, 4) is 0 Å². The summed E-state index contributed by atoms with van der Waals surface area (Å²) in [5.41, 5.74) is -1.85. The summed E-state index contributed by atoms with van der Waals surface area (Å²) in [6.07, 6.45) is 0.562. The van der Waals surface area contributed by atoms with E-state index < -0.39 is 28.1 Å². The predicted molar refractivity (Wildman–Crippen MR) is 52.2 cm³/mol. The fraction of sp³-hybridized carbons (Fsp3) is 0.333. The van der Waals surface area contributed by atoms with Crippen LogP contribution in [-0.2, 0) is 5.60 Å². The monoisotopic (exact) mass is 300 g/mol. The molecule has 15 heavy (non-hydrogen) atoms. The number of hydrogen-bond donors (Lipinski definition) is 1. The molecule has 0 spiro atoms. The van der Waals surface area contributed by atoms with Crippen LogP contribution in [0.25, 0.3) is 0 Å². The van der Waals surface area contributed by atoms with E-state index in [9.17, 15) is 18.3 Å². The zero-order chi connectivity index (χ0) is 11.4. The Morgan fingerprint density at radius 3 is 2.13 bits per heavy atom. The van der Waals surface area contributed by atoms with E-state index in [0.717, 1.165) is 0 Å². The fourth-order valence-corrected chi connectivity index (χ4v) is 2.41. The molecule has 0 amide bonds. The average molecular weight is 301 g/mol. The molecule has 1 saturated carbocycles. The topological polar surface area (TPSA) is 20.2 Å². The van der Waals surface area contributed by atoms with E-state index in [4.69, 9.17) is 11.6 Å². The Bertz CT molecular complexity index is 416. The first kappa shape index (κ1) is 11.2. The number of aliphatic hydroxyl groups is 1. The minimum Gasteiger partial charge on any atom is -0.385 e. The number of halogens is 5. The van der Waals surface area contributed by atoms with E-state index in [0.29, 0.717) is 0 Å². The molecule has 1 aromatic carbocycles. The maximum atomic E-state index is 13.4. The lowest BCUT2D eigenvalue weighted by atomic mass is 10.1. The van der Waals surface area contributed by atoms with Crippen LogP contribution in [0.2, 0.25) is 5.02 Å². The van der Waals surface area contributed by atoms with Crippen molar-refractivity contribution in [3.05, 3.63) is 32.5 Å². The van der Waals surface area contributed by atoms with Crippen LogP contribution in [-0.4, -0.2) is 5.11 Å². The average Bonchev–Trinajstić information content (AvgIpc) is 2.91. The molecule has 82 valence electrons. The molecule has 1 fully saturated rings. The van der Waals surface area contributed by atoms with Gasteiger partial charge in [0.2, 0.25) is 0 Å². The van der Waals surface area contributed by atoms with Crippen LogP contribution in [0.3, 0.4) is 0 Å². The van der Waals surface area contributed by atoms with E-state index >= 15 is 0 Å². The summed E-state index contributed by atoms with van der Waals surface area (Å²) in [6, 6.07) is 0. The minimum atomic E-state index is -1.47. The van der Waals surface area contributed by atoms with Gasteiger partial charge in [-0.2, -0.15) is 0 Å². The van der Waals surface area contributed by atoms with Crippen LogP contribution in [0.5, 0.6) is 0 Å². The number of hydrogen-bond acceptors (Lipinski definition) is 1. The minimum absolute atomic E-state index is 0.281. The van der Waals surface area contributed by atoms with Gasteiger partial charge in [0.25, 0.3) is 0 Å². The molecule has 6 heteroatoms. The number of rotatable bonds is 1. The maximum Gasteiger partial charge on any atom is 0.180 e. The van der Waals surface area contributed by atoms with Crippen LogP contribution in [0.4, 0.5) is 13.2 Å². The molecule has 2 rings (SSSR count). The lowest BCUT2D eigenvalue weighted by molar-refractivity contribution is 0.144. The lowest BCUT2D eigenvalue weighted by Gasteiger charge is -2.14. The highest BCUT2D eigenvalue weighted by Gasteiger charge is 2.47. The first-order valence-electron chi connectivity index (χ1n) is 4.13. The van der Waals surface area contributed by atoms with Gasteiger partial charge in [0.05, 0.1) is 10.1 Å². The van der Waals surface area contributed by atoms with Gasteiger partial charge < -0.3 is 5.11 Å². The van der Waals surface area contributed by atoms with Crippen LogP contribution >= 0.6 is 27.5 Å². The van der Waals surface area contributed by atoms with Gasteiger partial charge in [0.1, 0.15) is 5.02 Å². The first-order chi connectivity index (χ1) is 6.88. The van der Waals surface area contributed by atoms with Crippen molar-refractivity contribution in [2.45, 2.75) is 18.4 Å². The summed E-state index contributed by atoms with van der Waals surface area (Å²) in [4.78, 5) is 0. The lowest BCUT2D eigenvalue weighted by Crippen LogP contribution is -2.12. The zero-order valence-corrected chi connectivity index (χ0v) is 9.59. The van der Waals surface area contributed by atoms with Gasteiger partial charge in [-0.1, -0.05) is 11.6 Å². The highest BCUT2D eigenvalue weighted by atomic mass is 79.9. The van der Waals surface area contributed by atoms with Gasteiger partial charge in [0, 0.05) is 5.56 Å². The highest BCUT2D eigenvalue weighted by Crippen LogP contribution is 2.50. The molecule has 0 radical (unpaired) electrons.